The molecule has 0 unspecified atom stereocenters. The highest BCUT2D eigenvalue weighted by Crippen LogP contribution is 2.31. The lowest BCUT2D eigenvalue weighted by molar-refractivity contribution is 0.226. The lowest BCUT2D eigenvalue weighted by Crippen LogP contribution is -2.51. The maximum Gasteiger partial charge on any atom is 0.378 e. The monoisotopic (exact) mass is 479 g/mol. The van der Waals surface area contributed by atoms with Crippen molar-refractivity contribution >= 4 is 49.9 Å². The molecular formula is C23H21N5O5S. The number of hydrogen-bond donors (Lipinski definition) is 5. The molecule has 0 spiro atoms. The summed E-state index contributed by atoms with van der Waals surface area (Å²) in [5, 5.41) is 12.0. The molecule has 0 aliphatic carbocycles. The predicted molar refractivity (Wildman–Crippen MR) is 131 cm³/mol. The fourth-order valence-corrected chi connectivity index (χ4v) is 4.02. The SMILES string of the molecule is Nc1ccccc1NN(Nc1cccc2c(O)cccc12)C(=O)N(c1ccccc1)S(=O)(=O)O. The minimum atomic E-state index is -5.02. The Morgan fingerprint density at radius 3 is 2.06 bits per heavy atom. The van der Waals surface area contributed by atoms with Crippen LogP contribution in [0.5, 0.6) is 5.75 Å². The zero-order valence-corrected chi connectivity index (χ0v) is 18.5. The Kier molecular flexibility index (Phi) is 6.13. The third-order valence-electron chi connectivity index (χ3n) is 4.91. The first kappa shape index (κ1) is 22.7. The van der Waals surface area contributed by atoms with Gasteiger partial charge in [0.1, 0.15) is 5.75 Å². The smallest absolute Gasteiger partial charge is 0.378 e. The molecule has 0 aliphatic heterocycles. The number of carbonyl (C=O) groups is 1. The number of carbonyl (C=O) groups excluding carboxylic acids is 1. The van der Waals surface area contributed by atoms with E-state index in [1.165, 1.54) is 30.3 Å². The standard InChI is InChI=1S/C23H21N5O5S/c24-19-12-4-5-13-21(19)26-28(23(30)27(34(31,32)33)16-8-2-1-3-9-16)25-20-14-6-11-18-17(20)10-7-15-22(18)29/h1-15,25-26,29H,24H2,(H,31,32,33). The lowest BCUT2D eigenvalue weighted by atomic mass is 10.1. The van der Waals surface area contributed by atoms with Crippen molar-refractivity contribution in [2.75, 3.05) is 20.9 Å². The van der Waals surface area contributed by atoms with E-state index in [2.05, 4.69) is 10.9 Å². The van der Waals surface area contributed by atoms with Crippen LogP contribution in [0.15, 0.2) is 91.0 Å². The van der Waals surface area contributed by atoms with Crippen molar-refractivity contribution in [3.05, 3.63) is 91.0 Å². The predicted octanol–water partition coefficient (Wildman–Crippen LogP) is 4.21. The highest BCUT2D eigenvalue weighted by molar-refractivity contribution is 7.88. The van der Waals surface area contributed by atoms with Crippen LogP contribution in [-0.2, 0) is 10.3 Å². The van der Waals surface area contributed by atoms with E-state index >= 15 is 0 Å². The summed E-state index contributed by atoms with van der Waals surface area (Å²) in [6.45, 7) is 0. The van der Waals surface area contributed by atoms with Gasteiger partial charge < -0.3 is 10.8 Å². The summed E-state index contributed by atoms with van der Waals surface area (Å²) in [6, 6.07) is 22.6. The van der Waals surface area contributed by atoms with E-state index < -0.39 is 16.3 Å². The maximum absolute atomic E-state index is 13.5. The number of fused-ring (bicyclic) bond motifs is 1. The Morgan fingerprint density at radius 2 is 1.35 bits per heavy atom. The second kappa shape index (κ2) is 9.17. The van der Waals surface area contributed by atoms with Gasteiger partial charge >= 0.3 is 16.3 Å². The average Bonchev–Trinajstić information content (AvgIpc) is 2.80. The van der Waals surface area contributed by atoms with E-state index in [1.807, 2.05) is 0 Å². The van der Waals surface area contributed by atoms with Crippen molar-refractivity contribution in [3.63, 3.8) is 0 Å². The number of nitrogens with two attached hydrogens (primary N) is 1. The molecule has 0 heterocycles. The summed E-state index contributed by atoms with van der Waals surface area (Å²) in [5.41, 5.74) is 12.5. The first-order valence-electron chi connectivity index (χ1n) is 10.0. The number of hydrogen-bond acceptors (Lipinski definition) is 7. The van der Waals surface area contributed by atoms with E-state index in [9.17, 15) is 22.9 Å². The van der Waals surface area contributed by atoms with Crippen molar-refractivity contribution < 1.29 is 22.9 Å². The van der Waals surface area contributed by atoms with Gasteiger partial charge in [0, 0.05) is 10.8 Å². The minimum Gasteiger partial charge on any atom is -0.507 e. The van der Waals surface area contributed by atoms with E-state index in [0.717, 1.165) is 5.12 Å². The molecule has 0 bridgehead atoms. The van der Waals surface area contributed by atoms with Gasteiger partial charge in [0.2, 0.25) is 0 Å². The molecule has 2 amide bonds. The van der Waals surface area contributed by atoms with Gasteiger partial charge in [-0.25, -0.2) is 4.79 Å². The van der Waals surface area contributed by atoms with Crippen LogP contribution >= 0.6 is 0 Å². The Labute approximate surface area is 195 Å². The Balaban J connectivity index is 1.81. The highest BCUT2D eigenvalue weighted by Gasteiger charge is 2.33. The molecule has 4 aromatic carbocycles. The van der Waals surface area contributed by atoms with Gasteiger partial charge in [-0.05, 0) is 36.4 Å². The minimum absolute atomic E-state index is 0.0307. The Bertz CT molecular complexity index is 1450. The van der Waals surface area contributed by atoms with Crippen molar-refractivity contribution in [2.24, 2.45) is 0 Å². The van der Waals surface area contributed by atoms with Gasteiger partial charge in [0.25, 0.3) is 0 Å². The van der Waals surface area contributed by atoms with E-state index in [1.54, 1.807) is 60.7 Å². The number of hydrazine groups is 2. The van der Waals surface area contributed by atoms with Crippen LogP contribution in [0.25, 0.3) is 10.8 Å². The molecule has 4 aromatic rings. The summed E-state index contributed by atoms with van der Waals surface area (Å²) in [5.74, 6) is 0.0307. The molecule has 0 saturated heterocycles. The molecule has 0 fully saturated rings. The fraction of sp³-hybridized carbons (Fsp3) is 0. The van der Waals surface area contributed by atoms with Gasteiger partial charge in [-0.1, -0.05) is 54.6 Å². The van der Waals surface area contributed by atoms with Crippen molar-refractivity contribution in [1.82, 2.24) is 5.12 Å². The normalized spacial score (nSPS) is 11.1. The highest BCUT2D eigenvalue weighted by atomic mass is 32.2. The fourth-order valence-electron chi connectivity index (χ4n) is 3.35. The summed E-state index contributed by atoms with van der Waals surface area (Å²) in [7, 11) is -5.02. The topological polar surface area (TPSA) is 148 Å². The second-order valence-corrected chi connectivity index (χ2v) is 8.45. The zero-order valence-electron chi connectivity index (χ0n) is 17.7. The summed E-state index contributed by atoms with van der Waals surface area (Å²) >= 11 is 0. The summed E-state index contributed by atoms with van der Waals surface area (Å²) in [6.07, 6.45) is 0. The number of amides is 2. The molecule has 6 N–H and O–H groups in total. The number of urea groups is 1. The quantitative estimate of drug-likeness (QED) is 0.157. The second-order valence-electron chi connectivity index (χ2n) is 7.18. The third-order valence-corrected chi connectivity index (χ3v) is 5.74. The number of nitrogens with one attached hydrogen (secondary N) is 2. The number of benzene rings is 4. The van der Waals surface area contributed by atoms with E-state index in [4.69, 9.17) is 5.73 Å². The average molecular weight is 480 g/mol. The van der Waals surface area contributed by atoms with Crippen LogP contribution in [-0.4, -0.2) is 29.2 Å². The van der Waals surface area contributed by atoms with Crippen LogP contribution in [0.3, 0.4) is 0 Å². The molecule has 11 heteroatoms. The van der Waals surface area contributed by atoms with E-state index in [0.29, 0.717) is 22.1 Å². The zero-order chi connectivity index (χ0) is 24.3. The van der Waals surface area contributed by atoms with Gasteiger partial charge in [-0.3, -0.25) is 15.4 Å². The number of phenols is 1. The molecule has 0 saturated carbocycles. The number of rotatable bonds is 6. The molecular weight excluding hydrogens is 458 g/mol. The first-order valence-corrected chi connectivity index (χ1v) is 11.4. The number of phenolic OH excluding ortho intramolecular Hbond substituents is 1. The molecule has 4 rings (SSSR count). The molecule has 0 aromatic heterocycles. The van der Waals surface area contributed by atoms with E-state index in [-0.39, 0.29) is 21.4 Å². The van der Waals surface area contributed by atoms with Gasteiger partial charge in [-0.2, -0.15) is 12.7 Å². The van der Waals surface area contributed by atoms with Gasteiger partial charge in [0.15, 0.2) is 0 Å². The van der Waals surface area contributed by atoms with Crippen LogP contribution in [0.2, 0.25) is 0 Å². The number of aromatic hydroxyl groups is 1. The van der Waals surface area contributed by atoms with Crippen LogP contribution < -0.4 is 20.9 Å². The number of para-hydroxylation sites is 3. The molecule has 34 heavy (non-hydrogen) atoms. The lowest BCUT2D eigenvalue weighted by Gasteiger charge is -2.30. The Morgan fingerprint density at radius 1 is 0.765 bits per heavy atom. The number of nitrogens with zero attached hydrogens (tertiary/aromatic N) is 2. The van der Waals surface area contributed by atoms with Crippen molar-refractivity contribution in [1.29, 1.82) is 0 Å². The Hall–Kier alpha value is -4.48. The molecule has 0 atom stereocenters. The maximum atomic E-state index is 13.5. The first-order chi connectivity index (χ1) is 16.3. The molecule has 174 valence electrons. The molecule has 0 radical (unpaired) electrons. The number of nitrogen functional groups attached to an aromatic ring is 1. The summed E-state index contributed by atoms with van der Waals surface area (Å²) in [4.78, 5) is 13.5. The van der Waals surface area contributed by atoms with Crippen molar-refractivity contribution in [3.8, 4) is 5.75 Å². The van der Waals surface area contributed by atoms with Gasteiger partial charge in [0.05, 0.1) is 22.7 Å². The van der Waals surface area contributed by atoms with Crippen LogP contribution in [0.4, 0.5) is 27.5 Å². The van der Waals surface area contributed by atoms with Crippen LogP contribution in [0, 0.1) is 0 Å². The molecule has 0 aliphatic rings. The van der Waals surface area contributed by atoms with Crippen LogP contribution in [0.1, 0.15) is 0 Å². The van der Waals surface area contributed by atoms with Gasteiger partial charge in [-0.15, -0.1) is 5.12 Å². The third kappa shape index (κ3) is 4.65. The largest absolute Gasteiger partial charge is 0.507 e. The van der Waals surface area contributed by atoms with Crippen molar-refractivity contribution in [2.45, 2.75) is 0 Å². The summed E-state index contributed by atoms with van der Waals surface area (Å²) < 4.78 is 34.6. The molecule has 10 nitrogen and oxygen atoms in total. The number of anilines is 4.